The van der Waals surface area contributed by atoms with E-state index in [1.165, 1.54) is 0 Å². The maximum absolute atomic E-state index is 14.6. The van der Waals surface area contributed by atoms with E-state index in [1.54, 1.807) is 35.6 Å². The van der Waals surface area contributed by atoms with Crippen molar-refractivity contribution in [3.63, 3.8) is 0 Å². The Balaban J connectivity index is 1.39. The lowest BCUT2D eigenvalue weighted by Crippen LogP contribution is -2.51. The fraction of sp³-hybridized carbons (Fsp3) is 0.286. The minimum atomic E-state index is -0.285. The Bertz CT molecular complexity index is 2000. The predicted molar refractivity (Wildman–Crippen MR) is 216 cm³/mol. The van der Waals surface area contributed by atoms with E-state index >= 15 is 0 Å². The molecule has 53 heavy (non-hydrogen) atoms. The molecule has 1 atom stereocenters. The zero-order chi connectivity index (χ0) is 37.7. The van der Waals surface area contributed by atoms with E-state index < -0.39 is 0 Å². The van der Waals surface area contributed by atoms with Crippen molar-refractivity contribution < 1.29 is 9.53 Å². The van der Waals surface area contributed by atoms with Crippen LogP contribution in [0, 0.1) is 11.3 Å². The molecule has 0 fully saturated rings. The number of aromatic nitrogens is 2. The molecular weight excluding hydrogens is 723 g/mol. The molecule has 0 radical (unpaired) electrons. The zero-order valence-electron chi connectivity index (χ0n) is 30.3. The van der Waals surface area contributed by atoms with Crippen LogP contribution in [0.25, 0.3) is 0 Å². The van der Waals surface area contributed by atoms with Crippen LogP contribution >= 0.6 is 35.4 Å². The Morgan fingerprint density at radius 2 is 1.64 bits per heavy atom. The van der Waals surface area contributed by atoms with Gasteiger partial charge in [0.15, 0.2) is 5.11 Å². The van der Waals surface area contributed by atoms with Crippen LogP contribution in [0.1, 0.15) is 46.9 Å². The number of amides is 1. The van der Waals surface area contributed by atoms with Crippen LogP contribution in [-0.2, 0) is 37.3 Å². The van der Waals surface area contributed by atoms with Crippen LogP contribution in [0.2, 0.25) is 10.0 Å². The number of benzene rings is 4. The number of carbonyl (C=O) groups is 1. The van der Waals surface area contributed by atoms with Crippen molar-refractivity contribution in [2.24, 2.45) is 0 Å². The van der Waals surface area contributed by atoms with Crippen molar-refractivity contribution in [3.05, 3.63) is 153 Å². The molecule has 11 heteroatoms. The highest BCUT2D eigenvalue weighted by atomic mass is 35.5. The lowest BCUT2D eigenvalue weighted by molar-refractivity contribution is -0.128. The van der Waals surface area contributed by atoms with E-state index in [0.717, 1.165) is 46.7 Å². The number of hydrogen-bond donors (Lipinski definition) is 0. The van der Waals surface area contributed by atoms with Gasteiger partial charge in [-0.2, -0.15) is 5.26 Å². The monoisotopic (exact) mass is 766 g/mol. The van der Waals surface area contributed by atoms with Gasteiger partial charge in [-0.15, -0.1) is 0 Å². The molecule has 5 rings (SSSR count). The molecule has 0 saturated heterocycles. The Labute approximate surface area is 328 Å². The molecule has 0 aliphatic carbocycles. The average Bonchev–Trinajstić information content (AvgIpc) is 3.59. The van der Waals surface area contributed by atoms with Gasteiger partial charge in [-0.25, -0.2) is 4.98 Å². The maximum Gasteiger partial charge on any atom is 0.234 e. The Hall–Kier alpha value is -4.72. The average molecular weight is 768 g/mol. The lowest BCUT2D eigenvalue weighted by Gasteiger charge is -2.37. The van der Waals surface area contributed by atoms with Gasteiger partial charge < -0.3 is 19.1 Å². The standard InChI is InChI=1S/C42H44Cl2N6O2S/c1-31(23-32-17-19-38(20-18-32)52-29-35-9-5-4-6-10-35)50(40(51)24-37-26-46-30-49(37)27-34-15-13-33(25-45)14-16-34)42(53)48(22-8-21-47(2)3)28-36-11-7-12-39(43)41(36)44/h4-7,9-20,26,30-31H,8,21-24,27-29H2,1-3H3/t31-/m0/s1. The highest BCUT2D eigenvalue weighted by Crippen LogP contribution is 2.28. The van der Waals surface area contributed by atoms with Gasteiger partial charge in [-0.05, 0) is 105 Å². The first-order valence-electron chi connectivity index (χ1n) is 17.5. The van der Waals surface area contributed by atoms with Crippen molar-refractivity contribution in [3.8, 4) is 11.8 Å². The Morgan fingerprint density at radius 1 is 0.925 bits per heavy atom. The molecule has 0 saturated carbocycles. The number of carbonyl (C=O) groups excluding carboxylic acids is 1. The first-order chi connectivity index (χ1) is 25.6. The summed E-state index contributed by atoms with van der Waals surface area (Å²) in [7, 11) is 4.07. The minimum absolute atomic E-state index is 0.0937. The number of hydrogen-bond acceptors (Lipinski definition) is 6. The van der Waals surface area contributed by atoms with E-state index in [4.69, 9.17) is 40.2 Å². The van der Waals surface area contributed by atoms with Crippen molar-refractivity contribution >= 4 is 46.4 Å². The molecule has 0 aliphatic rings. The second-order valence-corrected chi connectivity index (χ2v) is 14.5. The third kappa shape index (κ3) is 11.4. The van der Waals surface area contributed by atoms with Gasteiger partial charge in [0.05, 0.1) is 34.4 Å². The number of nitriles is 1. The van der Waals surface area contributed by atoms with Gasteiger partial charge in [-0.3, -0.25) is 9.69 Å². The van der Waals surface area contributed by atoms with Crippen LogP contribution in [-0.4, -0.2) is 68.5 Å². The second-order valence-electron chi connectivity index (χ2n) is 13.3. The lowest BCUT2D eigenvalue weighted by atomic mass is 10.1. The summed E-state index contributed by atoms with van der Waals surface area (Å²) in [6.45, 7) is 4.88. The number of ether oxygens (including phenoxy) is 1. The first-order valence-corrected chi connectivity index (χ1v) is 18.7. The van der Waals surface area contributed by atoms with Crippen molar-refractivity contribution in [1.29, 1.82) is 5.26 Å². The summed E-state index contributed by atoms with van der Waals surface area (Å²) in [4.78, 5) is 24.9. The predicted octanol–water partition coefficient (Wildman–Crippen LogP) is 8.43. The molecule has 0 N–H and O–H groups in total. The van der Waals surface area contributed by atoms with Crippen molar-refractivity contribution in [2.45, 2.75) is 51.9 Å². The van der Waals surface area contributed by atoms with Gasteiger partial charge in [0.25, 0.3) is 0 Å². The first kappa shape index (κ1) is 39.5. The number of thiocarbonyl (C=S) groups is 1. The SMILES string of the molecule is C[C@@H](Cc1ccc(OCc2ccccc2)cc1)N(C(=O)Cc1cncn1Cc1ccc(C#N)cc1)C(=S)N(CCCN(C)C)Cc1cccc(Cl)c1Cl. The maximum atomic E-state index is 14.6. The fourth-order valence-corrected chi connectivity index (χ4v) is 6.86. The molecule has 8 nitrogen and oxygen atoms in total. The van der Waals surface area contributed by atoms with E-state index in [-0.39, 0.29) is 18.4 Å². The highest BCUT2D eigenvalue weighted by Gasteiger charge is 2.29. The summed E-state index contributed by atoms with van der Waals surface area (Å²) in [6, 6.07) is 32.9. The summed E-state index contributed by atoms with van der Waals surface area (Å²) in [5.41, 5.74) is 5.33. The number of rotatable bonds is 16. The summed E-state index contributed by atoms with van der Waals surface area (Å²) in [5.74, 6) is 0.636. The summed E-state index contributed by atoms with van der Waals surface area (Å²) in [6.07, 6.45) is 4.93. The van der Waals surface area contributed by atoms with Gasteiger partial charge in [-0.1, -0.05) is 89.9 Å². The van der Waals surface area contributed by atoms with Crippen molar-refractivity contribution in [1.82, 2.24) is 24.3 Å². The molecule has 0 unspecified atom stereocenters. The fourth-order valence-electron chi connectivity index (χ4n) is 6.04. The third-order valence-corrected chi connectivity index (χ3v) is 10.2. The molecule has 274 valence electrons. The number of halogens is 2. The smallest absolute Gasteiger partial charge is 0.234 e. The van der Waals surface area contributed by atoms with Crippen LogP contribution < -0.4 is 4.74 Å². The van der Waals surface area contributed by atoms with Crippen LogP contribution in [0.4, 0.5) is 0 Å². The number of nitrogens with zero attached hydrogens (tertiary/aromatic N) is 6. The molecule has 1 aromatic heterocycles. The van der Waals surface area contributed by atoms with Gasteiger partial charge in [0, 0.05) is 37.6 Å². The molecular formula is C42H44Cl2N6O2S. The van der Waals surface area contributed by atoms with E-state index in [1.807, 2.05) is 104 Å². The van der Waals surface area contributed by atoms with E-state index in [2.05, 4.69) is 20.9 Å². The largest absolute Gasteiger partial charge is 0.489 e. The van der Waals surface area contributed by atoms with E-state index in [9.17, 15) is 10.1 Å². The molecule has 0 aliphatic heterocycles. The molecule has 4 aromatic carbocycles. The van der Waals surface area contributed by atoms with Crippen LogP contribution in [0.5, 0.6) is 5.75 Å². The molecule has 1 heterocycles. The molecule has 1 amide bonds. The van der Waals surface area contributed by atoms with Crippen molar-refractivity contribution in [2.75, 3.05) is 27.2 Å². The molecule has 0 bridgehead atoms. The molecule has 0 spiro atoms. The normalized spacial score (nSPS) is 11.6. The van der Waals surface area contributed by atoms with Crippen LogP contribution in [0.15, 0.2) is 110 Å². The molecule has 5 aromatic rings. The van der Waals surface area contributed by atoms with Crippen LogP contribution in [0.3, 0.4) is 0 Å². The van der Waals surface area contributed by atoms with Gasteiger partial charge >= 0.3 is 0 Å². The summed E-state index contributed by atoms with van der Waals surface area (Å²) in [5, 5.41) is 10.6. The topological polar surface area (TPSA) is 77.6 Å². The Morgan fingerprint density at radius 3 is 2.34 bits per heavy atom. The number of imidazole rings is 1. The second kappa shape index (κ2) is 19.4. The van der Waals surface area contributed by atoms with E-state index in [0.29, 0.717) is 53.4 Å². The van der Waals surface area contributed by atoms with Gasteiger partial charge in [0.1, 0.15) is 12.4 Å². The third-order valence-electron chi connectivity index (χ3n) is 8.88. The summed E-state index contributed by atoms with van der Waals surface area (Å²) >= 11 is 19.3. The summed E-state index contributed by atoms with van der Waals surface area (Å²) < 4.78 is 7.98. The zero-order valence-corrected chi connectivity index (χ0v) is 32.6. The minimum Gasteiger partial charge on any atom is -0.489 e. The quantitative estimate of drug-likeness (QED) is 0.0934. The van der Waals surface area contributed by atoms with Gasteiger partial charge in [0.2, 0.25) is 5.91 Å². The Kier molecular flexibility index (Phi) is 14.4. The highest BCUT2D eigenvalue weighted by molar-refractivity contribution is 7.80.